The molecule has 12 heteroatoms. The summed E-state index contributed by atoms with van der Waals surface area (Å²) in [6.45, 7) is 11.4. The van der Waals surface area contributed by atoms with Gasteiger partial charge in [-0.2, -0.15) is 13.2 Å². The highest BCUT2D eigenvalue weighted by molar-refractivity contribution is 6.74. The smallest absolute Gasteiger partial charge is 0.404 e. The molecule has 0 aliphatic carbocycles. The predicted molar refractivity (Wildman–Crippen MR) is 133 cm³/mol. The summed E-state index contributed by atoms with van der Waals surface area (Å²) < 4.78 is 62.7. The summed E-state index contributed by atoms with van der Waals surface area (Å²) in [5.74, 6) is -1.98. The summed E-state index contributed by atoms with van der Waals surface area (Å²) in [5, 5.41) is 1.94. The first kappa shape index (κ1) is 29.5. The van der Waals surface area contributed by atoms with Crippen molar-refractivity contribution in [3.8, 4) is 11.4 Å². The van der Waals surface area contributed by atoms with E-state index in [0.717, 1.165) is 22.9 Å². The molecule has 1 aromatic heterocycles. The van der Waals surface area contributed by atoms with Crippen molar-refractivity contribution in [2.45, 2.75) is 77.6 Å². The Morgan fingerprint density at radius 1 is 1.17 bits per heavy atom. The quantitative estimate of drug-likeness (QED) is 0.380. The number of aromatic nitrogens is 2. The van der Waals surface area contributed by atoms with Gasteiger partial charge in [-0.3, -0.25) is 14.2 Å². The lowest BCUT2D eigenvalue weighted by molar-refractivity contribution is -0.210. The maximum atomic E-state index is 14.2. The summed E-state index contributed by atoms with van der Waals surface area (Å²) in [5.41, 5.74) is 5.02. The first-order valence-corrected chi connectivity index (χ1v) is 14.4. The van der Waals surface area contributed by atoms with Crippen molar-refractivity contribution in [2.75, 3.05) is 5.73 Å². The molecule has 0 aliphatic rings. The average Bonchev–Trinajstić information content (AvgIpc) is 2.73. The first-order valence-electron chi connectivity index (χ1n) is 11.5. The third-order valence-corrected chi connectivity index (χ3v) is 10.9. The molecule has 36 heavy (non-hydrogen) atoms. The molecule has 0 aliphatic heterocycles. The van der Waals surface area contributed by atoms with Gasteiger partial charge >= 0.3 is 6.18 Å². The molecular formula is C24H34F4N4O3Si. The van der Waals surface area contributed by atoms with E-state index in [1.165, 1.54) is 12.1 Å². The van der Waals surface area contributed by atoms with Crippen molar-refractivity contribution in [1.29, 1.82) is 0 Å². The van der Waals surface area contributed by atoms with Gasteiger partial charge in [0.2, 0.25) is 5.91 Å². The molecule has 0 saturated heterocycles. The molecular weight excluding hydrogens is 496 g/mol. The lowest BCUT2D eigenvalue weighted by atomic mass is 9.98. The molecule has 2 rings (SSSR count). The maximum absolute atomic E-state index is 14.2. The van der Waals surface area contributed by atoms with Gasteiger partial charge in [-0.1, -0.05) is 34.6 Å². The van der Waals surface area contributed by atoms with Gasteiger partial charge in [-0.15, -0.1) is 0 Å². The van der Waals surface area contributed by atoms with Crippen LogP contribution in [-0.4, -0.2) is 42.1 Å². The van der Waals surface area contributed by atoms with Crippen LogP contribution in [0.4, 0.5) is 23.2 Å². The number of amides is 1. The van der Waals surface area contributed by atoms with E-state index in [2.05, 4.69) is 10.3 Å². The Labute approximate surface area is 209 Å². The molecule has 3 N–H and O–H groups in total. The molecule has 0 fully saturated rings. The van der Waals surface area contributed by atoms with Crippen LogP contribution in [0.25, 0.3) is 11.4 Å². The van der Waals surface area contributed by atoms with Gasteiger partial charge in [0.05, 0.1) is 12.2 Å². The molecule has 0 spiro atoms. The van der Waals surface area contributed by atoms with Gasteiger partial charge in [0, 0.05) is 5.56 Å². The number of hydrogen-bond acceptors (Lipinski definition) is 5. The van der Waals surface area contributed by atoms with Crippen molar-refractivity contribution in [3.63, 3.8) is 0 Å². The normalized spacial score (nSPS) is 14.6. The van der Waals surface area contributed by atoms with E-state index in [4.69, 9.17) is 10.2 Å². The van der Waals surface area contributed by atoms with Gasteiger partial charge in [0.15, 0.2) is 14.4 Å². The number of nitrogen functional groups attached to an aromatic ring is 1. The van der Waals surface area contributed by atoms with Crippen LogP contribution >= 0.6 is 0 Å². The number of hydrogen-bond donors (Lipinski definition) is 2. The van der Waals surface area contributed by atoms with E-state index >= 15 is 0 Å². The molecule has 0 radical (unpaired) electrons. The van der Waals surface area contributed by atoms with Crippen molar-refractivity contribution in [2.24, 2.45) is 5.92 Å². The minimum Gasteiger partial charge on any atom is -0.404 e. The van der Waals surface area contributed by atoms with Crippen molar-refractivity contribution in [1.82, 2.24) is 14.9 Å². The van der Waals surface area contributed by atoms with Crippen molar-refractivity contribution >= 4 is 19.9 Å². The lowest BCUT2D eigenvalue weighted by Crippen LogP contribution is -2.59. The monoisotopic (exact) mass is 530 g/mol. The fourth-order valence-electron chi connectivity index (χ4n) is 3.29. The number of rotatable bonds is 8. The second kappa shape index (κ2) is 10.7. The van der Waals surface area contributed by atoms with Gasteiger partial charge < -0.3 is 15.5 Å². The third-order valence-electron chi connectivity index (χ3n) is 6.40. The Bertz CT molecular complexity index is 1130. The zero-order valence-electron chi connectivity index (χ0n) is 21.5. The highest BCUT2D eigenvalue weighted by atomic mass is 28.4. The highest BCUT2D eigenvalue weighted by Gasteiger charge is 2.52. The van der Waals surface area contributed by atoms with Crippen molar-refractivity contribution < 1.29 is 26.8 Å². The highest BCUT2D eigenvalue weighted by Crippen LogP contribution is 2.41. The van der Waals surface area contributed by atoms with Gasteiger partial charge in [0.25, 0.3) is 5.56 Å². The van der Waals surface area contributed by atoms with Gasteiger partial charge in [-0.25, -0.2) is 9.37 Å². The van der Waals surface area contributed by atoms with E-state index in [1.54, 1.807) is 26.9 Å². The fraction of sp³-hybridized carbons (Fsp3) is 0.542. The topological polar surface area (TPSA) is 99.2 Å². The van der Waals surface area contributed by atoms with E-state index < -0.39 is 61.4 Å². The maximum Gasteiger partial charge on any atom is 0.415 e. The van der Waals surface area contributed by atoms with Crippen LogP contribution in [0.3, 0.4) is 0 Å². The van der Waals surface area contributed by atoms with Gasteiger partial charge in [-0.05, 0) is 48.3 Å². The number of carbonyl (C=O) groups excluding carboxylic acids is 1. The van der Waals surface area contributed by atoms with Crippen LogP contribution in [0, 0.1) is 11.7 Å². The molecule has 2 aromatic rings. The van der Waals surface area contributed by atoms with Crippen LogP contribution < -0.4 is 16.6 Å². The number of carbonyl (C=O) groups is 1. The second-order valence-electron chi connectivity index (χ2n) is 10.6. The number of nitrogens with one attached hydrogen (secondary N) is 1. The Balaban J connectivity index is 2.42. The lowest BCUT2D eigenvalue weighted by Gasteiger charge is -2.42. The number of nitrogens with zero attached hydrogens (tertiary/aromatic N) is 2. The standard InChI is InChI=1S/C24H34F4N4O3Si/c1-14(2)19(20(24(26,27)28)35-36(6,7)23(3,4)5)31-18(33)13-32-21(30-12-17(29)22(32)34)15-8-10-16(25)11-9-15/h8-12,14,19-20H,13,29H2,1-7H3,(H,31,33). The zero-order chi connectivity index (χ0) is 27.6. The molecule has 2 atom stereocenters. The summed E-state index contributed by atoms with van der Waals surface area (Å²) in [6.07, 6.45) is -5.87. The van der Waals surface area contributed by atoms with Crippen LogP contribution in [0.5, 0.6) is 0 Å². The largest absolute Gasteiger partial charge is 0.415 e. The molecule has 7 nitrogen and oxygen atoms in total. The summed E-state index contributed by atoms with van der Waals surface area (Å²) >= 11 is 0. The first-order chi connectivity index (χ1) is 16.3. The van der Waals surface area contributed by atoms with Crippen LogP contribution in [0.1, 0.15) is 34.6 Å². The Morgan fingerprint density at radius 2 is 1.72 bits per heavy atom. The Morgan fingerprint density at radius 3 is 2.19 bits per heavy atom. The van der Waals surface area contributed by atoms with E-state index in [9.17, 15) is 27.2 Å². The second-order valence-corrected chi connectivity index (χ2v) is 15.4. The van der Waals surface area contributed by atoms with Crippen LogP contribution in [0.15, 0.2) is 35.3 Å². The minimum absolute atomic E-state index is 0.0235. The van der Waals surface area contributed by atoms with Crippen LogP contribution in [0.2, 0.25) is 18.1 Å². The van der Waals surface area contributed by atoms with Crippen LogP contribution in [-0.2, 0) is 15.8 Å². The molecule has 0 bridgehead atoms. The molecule has 0 saturated carbocycles. The number of alkyl halides is 3. The van der Waals surface area contributed by atoms with E-state index in [0.29, 0.717) is 5.56 Å². The number of benzene rings is 1. The van der Waals surface area contributed by atoms with E-state index in [1.807, 2.05) is 20.8 Å². The SMILES string of the molecule is CC(C)C(NC(=O)Cn1c(-c2ccc(F)cc2)ncc(N)c1=O)C(O[Si](C)(C)C(C)(C)C)C(F)(F)F. The average molecular weight is 531 g/mol. The summed E-state index contributed by atoms with van der Waals surface area (Å²) in [6, 6.07) is 3.63. The number of nitrogens with two attached hydrogens (primary N) is 1. The van der Waals surface area contributed by atoms with E-state index in [-0.39, 0.29) is 11.5 Å². The molecule has 1 aromatic carbocycles. The molecule has 1 amide bonds. The summed E-state index contributed by atoms with van der Waals surface area (Å²) in [4.78, 5) is 29.8. The fourth-order valence-corrected chi connectivity index (χ4v) is 4.56. The number of anilines is 1. The predicted octanol–water partition coefficient (Wildman–Crippen LogP) is 4.73. The summed E-state index contributed by atoms with van der Waals surface area (Å²) in [7, 11) is -2.87. The minimum atomic E-state index is -4.74. The molecule has 1 heterocycles. The third kappa shape index (κ3) is 6.93. The zero-order valence-corrected chi connectivity index (χ0v) is 22.5. The Kier molecular flexibility index (Phi) is 8.78. The molecule has 2 unspecified atom stereocenters. The molecule has 200 valence electrons. The Hall–Kier alpha value is -2.73. The number of halogens is 4. The van der Waals surface area contributed by atoms with Gasteiger partial charge in [0.1, 0.15) is 23.9 Å². The van der Waals surface area contributed by atoms with Crippen molar-refractivity contribution in [3.05, 3.63) is 46.6 Å².